The van der Waals surface area contributed by atoms with Crippen LogP contribution >= 0.6 is 11.8 Å². The number of non-ortho nitro benzene ring substituents is 1. The first-order valence-electron chi connectivity index (χ1n) is 6.58. The Balaban J connectivity index is 2.12. The molecule has 0 spiro atoms. The minimum atomic E-state index is -0.537. The summed E-state index contributed by atoms with van der Waals surface area (Å²) in [5.41, 5.74) is 0.112. The van der Waals surface area contributed by atoms with Crippen LogP contribution in [0.15, 0.2) is 41.8 Å². The fourth-order valence-corrected chi connectivity index (χ4v) is 2.43. The first-order chi connectivity index (χ1) is 11.0. The number of nitro groups is 1. The predicted octanol–water partition coefficient (Wildman–Crippen LogP) is 2.51. The van der Waals surface area contributed by atoms with Gasteiger partial charge in [-0.3, -0.25) is 14.9 Å². The van der Waals surface area contributed by atoms with Gasteiger partial charge < -0.3 is 10.1 Å². The number of amides is 1. The molecule has 0 aliphatic heterocycles. The molecule has 0 aliphatic carbocycles. The number of carbonyl (C=O) groups is 1. The Morgan fingerprint density at radius 1 is 1.39 bits per heavy atom. The van der Waals surface area contributed by atoms with Gasteiger partial charge in [0, 0.05) is 24.5 Å². The number of nitrogens with zero attached hydrogens (tertiary/aromatic N) is 3. The molecule has 0 saturated carbocycles. The van der Waals surface area contributed by atoms with Crippen molar-refractivity contribution in [3.8, 4) is 5.75 Å². The van der Waals surface area contributed by atoms with E-state index in [1.165, 1.54) is 37.1 Å². The molecular weight excluding hydrogens is 320 g/mol. The molecule has 1 aromatic heterocycles. The van der Waals surface area contributed by atoms with Crippen LogP contribution in [0.1, 0.15) is 6.92 Å². The third-order valence-electron chi connectivity index (χ3n) is 2.85. The van der Waals surface area contributed by atoms with E-state index in [-0.39, 0.29) is 17.3 Å². The minimum absolute atomic E-state index is 0.132. The highest BCUT2D eigenvalue weighted by atomic mass is 32.2. The van der Waals surface area contributed by atoms with Crippen molar-refractivity contribution in [3.63, 3.8) is 0 Å². The Morgan fingerprint density at radius 3 is 2.70 bits per heavy atom. The van der Waals surface area contributed by atoms with Gasteiger partial charge in [-0.05, 0) is 19.1 Å². The number of nitro benzene ring substituents is 1. The van der Waals surface area contributed by atoms with Crippen LogP contribution in [0.25, 0.3) is 0 Å². The lowest BCUT2D eigenvalue weighted by Crippen LogP contribution is -2.23. The third kappa shape index (κ3) is 4.39. The molecule has 1 aromatic carbocycles. The highest BCUT2D eigenvalue weighted by Crippen LogP contribution is 2.30. The van der Waals surface area contributed by atoms with Crippen LogP contribution in [-0.4, -0.2) is 33.2 Å². The van der Waals surface area contributed by atoms with Gasteiger partial charge in [0.1, 0.15) is 5.75 Å². The van der Waals surface area contributed by atoms with E-state index in [2.05, 4.69) is 15.3 Å². The van der Waals surface area contributed by atoms with Crippen molar-refractivity contribution in [1.29, 1.82) is 0 Å². The second-order valence-electron chi connectivity index (χ2n) is 4.42. The first kappa shape index (κ1) is 16.7. The zero-order valence-electron chi connectivity index (χ0n) is 12.4. The summed E-state index contributed by atoms with van der Waals surface area (Å²) in [6.45, 7) is 1.69. The van der Waals surface area contributed by atoms with E-state index in [0.29, 0.717) is 10.9 Å². The number of hydrogen-bond acceptors (Lipinski definition) is 7. The summed E-state index contributed by atoms with van der Waals surface area (Å²) in [4.78, 5) is 30.6. The van der Waals surface area contributed by atoms with Crippen molar-refractivity contribution in [2.75, 3.05) is 12.4 Å². The highest BCUT2D eigenvalue weighted by molar-refractivity contribution is 8.00. The Hall–Kier alpha value is -2.68. The number of nitrogens with one attached hydrogen (secondary N) is 1. The van der Waals surface area contributed by atoms with Crippen molar-refractivity contribution >= 4 is 29.0 Å². The van der Waals surface area contributed by atoms with Crippen LogP contribution in [0, 0.1) is 10.1 Å². The number of rotatable bonds is 6. The van der Waals surface area contributed by atoms with Crippen molar-refractivity contribution in [1.82, 2.24) is 9.97 Å². The Labute approximate surface area is 136 Å². The number of carbonyl (C=O) groups excluding carboxylic acids is 1. The average Bonchev–Trinajstić information content (AvgIpc) is 2.55. The summed E-state index contributed by atoms with van der Waals surface area (Å²) in [5, 5.41) is 13.5. The molecule has 1 amide bonds. The predicted molar refractivity (Wildman–Crippen MR) is 85.6 cm³/mol. The van der Waals surface area contributed by atoms with Crippen LogP contribution in [-0.2, 0) is 4.79 Å². The topological polar surface area (TPSA) is 107 Å². The molecule has 120 valence electrons. The van der Waals surface area contributed by atoms with Crippen molar-refractivity contribution < 1.29 is 14.5 Å². The van der Waals surface area contributed by atoms with E-state index in [9.17, 15) is 14.9 Å². The molecule has 0 aliphatic rings. The van der Waals surface area contributed by atoms with Crippen LogP contribution in [0.2, 0.25) is 0 Å². The lowest BCUT2D eigenvalue weighted by Gasteiger charge is -2.13. The Kier molecular flexibility index (Phi) is 5.47. The van der Waals surface area contributed by atoms with Gasteiger partial charge in [-0.1, -0.05) is 11.8 Å². The molecule has 9 heteroatoms. The Bertz CT molecular complexity index is 711. The molecule has 0 fully saturated rings. The molecule has 1 atom stereocenters. The summed E-state index contributed by atoms with van der Waals surface area (Å²) in [7, 11) is 1.42. The summed E-state index contributed by atoms with van der Waals surface area (Å²) in [6, 6.07) is 5.69. The molecule has 0 saturated heterocycles. The zero-order chi connectivity index (χ0) is 16.8. The van der Waals surface area contributed by atoms with Gasteiger partial charge in [-0.25, -0.2) is 9.97 Å². The molecule has 0 bridgehead atoms. The maximum atomic E-state index is 12.3. The lowest BCUT2D eigenvalue weighted by molar-refractivity contribution is -0.384. The van der Waals surface area contributed by atoms with Gasteiger partial charge in [-0.15, -0.1) is 0 Å². The van der Waals surface area contributed by atoms with Gasteiger partial charge in [0.2, 0.25) is 5.91 Å². The molecule has 1 unspecified atom stereocenters. The number of aromatic nitrogens is 2. The number of thioether (sulfide) groups is 1. The fourth-order valence-electron chi connectivity index (χ4n) is 1.70. The van der Waals surface area contributed by atoms with Crippen LogP contribution in [0.3, 0.4) is 0 Å². The number of methoxy groups -OCH3 is 1. The largest absolute Gasteiger partial charge is 0.495 e. The maximum absolute atomic E-state index is 12.3. The molecule has 2 aromatic rings. The van der Waals surface area contributed by atoms with Crippen LogP contribution < -0.4 is 10.1 Å². The molecule has 0 radical (unpaired) electrons. The third-order valence-corrected chi connectivity index (χ3v) is 3.83. The number of hydrogen-bond donors (Lipinski definition) is 1. The quantitative estimate of drug-likeness (QED) is 0.374. The number of ether oxygens (including phenoxy) is 1. The van der Waals surface area contributed by atoms with E-state index in [0.717, 1.165) is 0 Å². The fraction of sp³-hybridized carbons (Fsp3) is 0.214. The van der Waals surface area contributed by atoms with Gasteiger partial charge >= 0.3 is 0 Å². The number of benzene rings is 1. The summed E-state index contributed by atoms with van der Waals surface area (Å²) in [5.74, 6) is 0.0124. The second kappa shape index (κ2) is 7.54. The molecule has 23 heavy (non-hydrogen) atoms. The lowest BCUT2D eigenvalue weighted by atomic mass is 10.2. The van der Waals surface area contributed by atoms with E-state index < -0.39 is 10.2 Å². The normalized spacial score (nSPS) is 11.6. The summed E-state index contributed by atoms with van der Waals surface area (Å²) < 4.78 is 5.11. The molecule has 8 nitrogen and oxygen atoms in total. The van der Waals surface area contributed by atoms with E-state index in [1.54, 1.807) is 25.4 Å². The van der Waals surface area contributed by atoms with E-state index >= 15 is 0 Å². The molecule has 1 N–H and O–H groups in total. The Morgan fingerprint density at radius 2 is 2.09 bits per heavy atom. The average molecular weight is 334 g/mol. The summed E-state index contributed by atoms with van der Waals surface area (Å²) >= 11 is 1.19. The smallest absolute Gasteiger partial charge is 0.271 e. The van der Waals surface area contributed by atoms with Crippen molar-refractivity contribution in [3.05, 3.63) is 46.8 Å². The molecule has 1 heterocycles. The van der Waals surface area contributed by atoms with Gasteiger partial charge in [0.25, 0.3) is 5.69 Å². The zero-order valence-corrected chi connectivity index (χ0v) is 13.2. The first-order valence-corrected chi connectivity index (χ1v) is 7.46. The van der Waals surface area contributed by atoms with Crippen LogP contribution in [0.4, 0.5) is 11.4 Å². The van der Waals surface area contributed by atoms with E-state index in [1.807, 2.05) is 0 Å². The molecule has 2 rings (SSSR count). The van der Waals surface area contributed by atoms with Crippen molar-refractivity contribution in [2.45, 2.75) is 17.3 Å². The monoisotopic (exact) mass is 334 g/mol. The molecular formula is C14H14N4O4S. The van der Waals surface area contributed by atoms with Gasteiger partial charge in [-0.2, -0.15) is 0 Å². The van der Waals surface area contributed by atoms with E-state index in [4.69, 9.17) is 4.74 Å². The maximum Gasteiger partial charge on any atom is 0.271 e. The SMILES string of the molecule is COc1ccc([N+](=O)[O-])cc1NC(=O)C(C)Sc1ncccn1. The number of anilines is 1. The summed E-state index contributed by atoms with van der Waals surface area (Å²) in [6.07, 6.45) is 3.17. The second-order valence-corrected chi connectivity index (χ2v) is 5.73. The van der Waals surface area contributed by atoms with Crippen LogP contribution in [0.5, 0.6) is 5.75 Å². The van der Waals surface area contributed by atoms with Crippen molar-refractivity contribution in [2.24, 2.45) is 0 Å². The highest BCUT2D eigenvalue weighted by Gasteiger charge is 2.19. The van der Waals surface area contributed by atoms with Gasteiger partial charge in [0.05, 0.1) is 23.0 Å². The minimum Gasteiger partial charge on any atom is -0.495 e. The van der Waals surface area contributed by atoms with Gasteiger partial charge in [0.15, 0.2) is 5.16 Å². The standard InChI is InChI=1S/C14H14N4O4S/c1-9(23-14-15-6-3-7-16-14)13(19)17-11-8-10(18(20)21)4-5-12(11)22-2/h3-9H,1-2H3,(H,17,19).